The number of H-pyrrole nitrogens is 1. The van der Waals surface area contributed by atoms with Crippen LogP contribution >= 0.6 is 0 Å². The normalized spacial score (nSPS) is 17.6. The van der Waals surface area contributed by atoms with Crippen LogP contribution in [0.15, 0.2) is 49.2 Å². The molecule has 4 aromatic heterocycles. The molecule has 1 fully saturated rings. The number of morpholine rings is 1. The minimum Gasteiger partial charge on any atom is -0.370 e. The third kappa shape index (κ3) is 3.36. The lowest BCUT2D eigenvalue weighted by atomic mass is 10.1. The summed E-state index contributed by atoms with van der Waals surface area (Å²) in [5, 5.41) is 6.72. The van der Waals surface area contributed by atoms with Gasteiger partial charge in [-0.2, -0.15) is 18.3 Å². The number of nitrogens with one attached hydrogen (secondary N) is 1. The van der Waals surface area contributed by atoms with Crippen molar-refractivity contribution in [2.75, 3.05) is 24.6 Å². The Morgan fingerprint density at radius 2 is 2.03 bits per heavy atom. The largest absolute Gasteiger partial charge is 0.417 e. The number of imidazole rings is 1. The van der Waals surface area contributed by atoms with Gasteiger partial charge in [0.2, 0.25) is 5.95 Å². The molecular weight excluding hydrogens is 399 g/mol. The molecular formula is C19H16F3N7O. The predicted molar refractivity (Wildman–Crippen MR) is 101 cm³/mol. The van der Waals surface area contributed by atoms with Crippen LogP contribution in [0.5, 0.6) is 0 Å². The number of aromatic nitrogens is 6. The number of nitrogens with zero attached hydrogens (tertiary/aromatic N) is 6. The van der Waals surface area contributed by atoms with Gasteiger partial charge in [0.15, 0.2) is 0 Å². The van der Waals surface area contributed by atoms with Gasteiger partial charge in [-0.25, -0.2) is 15.0 Å². The quantitative estimate of drug-likeness (QED) is 0.554. The summed E-state index contributed by atoms with van der Waals surface area (Å²) in [4.78, 5) is 15.1. The first kappa shape index (κ1) is 18.6. The van der Waals surface area contributed by atoms with Gasteiger partial charge in [0.1, 0.15) is 11.8 Å². The summed E-state index contributed by atoms with van der Waals surface area (Å²) in [6.07, 6.45) is 3.01. The zero-order valence-corrected chi connectivity index (χ0v) is 15.5. The molecule has 0 aliphatic carbocycles. The fraction of sp³-hybridized carbons (Fsp3) is 0.263. The van der Waals surface area contributed by atoms with E-state index in [1.54, 1.807) is 24.7 Å². The number of hydrogen-bond acceptors (Lipinski definition) is 6. The molecule has 154 valence electrons. The smallest absolute Gasteiger partial charge is 0.370 e. The standard InChI is InChI=1S/C19H16F3N7O/c20-19(21,22)13-1-2-17-24-9-15(29(17)10-13)14-3-4-23-18(27-14)28-5-6-30-16(11-28)12-7-25-26-8-12/h1-4,7-10,16H,5-6,11H2,(H,25,26). The van der Waals surface area contributed by atoms with Crippen molar-refractivity contribution in [1.82, 2.24) is 29.5 Å². The molecule has 1 atom stereocenters. The number of aromatic amines is 1. The van der Waals surface area contributed by atoms with Crippen molar-refractivity contribution in [1.29, 1.82) is 0 Å². The second-order valence-corrected chi connectivity index (χ2v) is 6.87. The molecule has 0 aromatic carbocycles. The molecule has 1 unspecified atom stereocenters. The van der Waals surface area contributed by atoms with Crippen molar-refractivity contribution >= 4 is 11.6 Å². The number of fused-ring (bicyclic) bond motifs is 1. The van der Waals surface area contributed by atoms with Crippen molar-refractivity contribution in [3.8, 4) is 11.4 Å². The lowest BCUT2D eigenvalue weighted by Gasteiger charge is -2.32. The Kier molecular flexibility index (Phi) is 4.39. The molecule has 0 spiro atoms. The highest BCUT2D eigenvalue weighted by molar-refractivity contribution is 5.61. The predicted octanol–water partition coefficient (Wildman–Crippen LogP) is 3.11. The van der Waals surface area contributed by atoms with E-state index in [-0.39, 0.29) is 6.10 Å². The van der Waals surface area contributed by atoms with E-state index in [2.05, 4.69) is 25.1 Å². The maximum absolute atomic E-state index is 13.1. The van der Waals surface area contributed by atoms with Crippen LogP contribution in [-0.2, 0) is 10.9 Å². The summed E-state index contributed by atoms with van der Waals surface area (Å²) in [5.74, 6) is 0.478. The number of rotatable bonds is 3. The van der Waals surface area contributed by atoms with Crippen LogP contribution in [-0.4, -0.2) is 49.2 Å². The molecule has 8 nitrogen and oxygen atoms in total. The third-order valence-electron chi connectivity index (χ3n) is 4.98. The molecule has 1 N–H and O–H groups in total. The van der Waals surface area contributed by atoms with E-state index in [4.69, 9.17) is 4.74 Å². The average molecular weight is 415 g/mol. The highest BCUT2D eigenvalue weighted by Gasteiger charge is 2.31. The Bertz CT molecular complexity index is 1170. The topological polar surface area (TPSA) is 84.2 Å². The molecule has 0 amide bonds. The van der Waals surface area contributed by atoms with Crippen LogP contribution in [0.25, 0.3) is 17.0 Å². The monoisotopic (exact) mass is 415 g/mol. The van der Waals surface area contributed by atoms with Gasteiger partial charge >= 0.3 is 6.18 Å². The van der Waals surface area contributed by atoms with Crippen molar-refractivity contribution in [3.63, 3.8) is 0 Å². The lowest BCUT2D eigenvalue weighted by Crippen LogP contribution is -2.39. The molecule has 0 radical (unpaired) electrons. The molecule has 5 heterocycles. The Balaban J connectivity index is 1.48. The summed E-state index contributed by atoms with van der Waals surface area (Å²) in [6, 6.07) is 4.01. The van der Waals surface area contributed by atoms with Gasteiger partial charge in [-0.05, 0) is 18.2 Å². The van der Waals surface area contributed by atoms with Crippen LogP contribution in [0.1, 0.15) is 17.2 Å². The fourth-order valence-corrected chi connectivity index (χ4v) is 3.45. The Hall–Kier alpha value is -3.47. The van der Waals surface area contributed by atoms with Gasteiger partial charge in [0, 0.05) is 30.7 Å². The van der Waals surface area contributed by atoms with Crippen LogP contribution in [0.2, 0.25) is 0 Å². The van der Waals surface area contributed by atoms with Gasteiger partial charge in [-0.15, -0.1) is 0 Å². The molecule has 1 saturated heterocycles. The summed E-state index contributed by atoms with van der Waals surface area (Å²) in [5.41, 5.74) is 1.53. The second kappa shape index (κ2) is 7.10. The van der Waals surface area contributed by atoms with E-state index < -0.39 is 11.7 Å². The number of hydrogen-bond donors (Lipinski definition) is 1. The highest BCUT2D eigenvalue weighted by atomic mass is 19.4. The minimum atomic E-state index is -4.44. The third-order valence-corrected chi connectivity index (χ3v) is 4.98. The first-order valence-electron chi connectivity index (χ1n) is 9.22. The van der Waals surface area contributed by atoms with Crippen LogP contribution < -0.4 is 4.90 Å². The van der Waals surface area contributed by atoms with Crippen molar-refractivity contribution in [2.45, 2.75) is 12.3 Å². The maximum Gasteiger partial charge on any atom is 0.417 e. The van der Waals surface area contributed by atoms with Crippen molar-refractivity contribution in [2.24, 2.45) is 0 Å². The van der Waals surface area contributed by atoms with E-state index >= 15 is 0 Å². The average Bonchev–Trinajstić information content (AvgIpc) is 3.43. The number of alkyl halides is 3. The summed E-state index contributed by atoms with van der Waals surface area (Å²) < 4.78 is 46.6. The zero-order valence-electron chi connectivity index (χ0n) is 15.5. The van der Waals surface area contributed by atoms with Gasteiger partial charge in [-0.3, -0.25) is 9.50 Å². The van der Waals surface area contributed by atoms with Gasteiger partial charge in [-0.1, -0.05) is 0 Å². The Labute approximate surface area is 168 Å². The van der Waals surface area contributed by atoms with E-state index in [9.17, 15) is 13.2 Å². The fourth-order valence-electron chi connectivity index (χ4n) is 3.45. The summed E-state index contributed by atoms with van der Waals surface area (Å²) >= 11 is 0. The lowest BCUT2D eigenvalue weighted by molar-refractivity contribution is -0.137. The van der Waals surface area contributed by atoms with Gasteiger partial charge in [0.05, 0.1) is 42.5 Å². The van der Waals surface area contributed by atoms with Crippen molar-refractivity contribution in [3.05, 3.63) is 60.3 Å². The number of ether oxygens (including phenoxy) is 1. The van der Waals surface area contributed by atoms with E-state index in [0.717, 1.165) is 17.8 Å². The van der Waals surface area contributed by atoms with Crippen LogP contribution in [0.4, 0.5) is 19.1 Å². The molecule has 30 heavy (non-hydrogen) atoms. The van der Waals surface area contributed by atoms with E-state index in [0.29, 0.717) is 42.7 Å². The second-order valence-electron chi connectivity index (χ2n) is 6.87. The molecule has 4 aromatic rings. The summed E-state index contributed by atoms with van der Waals surface area (Å²) in [7, 11) is 0. The number of pyridine rings is 1. The molecule has 0 bridgehead atoms. The molecule has 5 rings (SSSR count). The maximum atomic E-state index is 13.1. The number of halogens is 3. The first-order chi connectivity index (χ1) is 14.5. The number of anilines is 1. The van der Waals surface area contributed by atoms with Crippen LogP contribution in [0, 0.1) is 0 Å². The van der Waals surface area contributed by atoms with Gasteiger partial charge < -0.3 is 9.64 Å². The van der Waals surface area contributed by atoms with Crippen molar-refractivity contribution < 1.29 is 17.9 Å². The summed E-state index contributed by atoms with van der Waals surface area (Å²) in [6.45, 7) is 1.63. The molecule has 1 aliphatic heterocycles. The van der Waals surface area contributed by atoms with Gasteiger partial charge in [0.25, 0.3) is 0 Å². The molecule has 11 heteroatoms. The SMILES string of the molecule is FC(F)(F)c1ccc2ncc(-c3ccnc(N4CCOC(c5cn[nH]c5)C4)n3)n2c1. The van der Waals surface area contributed by atoms with E-state index in [1.807, 2.05) is 4.90 Å². The van der Waals surface area contributed by atoms with Crippen LogP contribution in [0.3, 0.4) is 0 Å². The highest BCUT2D eigenvalue weighted by Crippen LogP contribution is 2.31. The minimum absolute atomic E-state index is 0.171. The molecule has 0 saturated carbocycles. The Morgan fingerprint density at radius 1 is 1.13 bits per heavy atom. The van der Waals surface area contributed by atoms with E-state index in [1.165, 1.54) is 16.7 Å². The molecule has 1 aliphatic rings. The Morgan fingerprint density at radius 3 is 2.83 bits per heavy atom. The zero-order chi connectivity index (χ0) is 20.7. The first-order valence-corrected chi connectivity index (χ1v) is 9.22.